The van der Waals surface area contributed by atoms with E-state index in [0.717, 1.165) is 36.8 Å². The lowest BCUT2D eigenvalue weighted by Crippen LogP contribution is -2.54. The number of benzene rings is 4. The Kier molecular flexibility index (Phi) is 12.5. The molecule has 4 aromatic rings. The standard InChI is InChI=1S/C36H40BrN3O4S2/c1-5-27(3)38-36(42)34(23-28-9-7-6-8-10-28)39(24-29-13-15-30(37)16-14-29)35(41)25-40(31-17-11-26(2)12-18-31)46(43,44)33-21-19-32(45-4)20-22-33/h6-22,27,34H,5,23-25H2,1-4H3,(H,38,42)/t27-,34+/m1/s1. The molecule has 46 heavy (non-hydrogen) atoms. The van der Waals surface area contributed by atoms with Gasteiger partial charge >= 0.3 is 0 Å². The Balaban J connectivity index is 1.80. The second kappa shape index (κ2) is 16.3. The monoisotopic (exact) mass is 721 g/mol. The van der Waals surface area contributed by atoms with Gasteiger partial charge in [0, 0.05) is 28.4 Å². The molecule has 4 aromatic carbocycles. The number of carbonyl (C=O) groups is 2. The van der Waals surface area contributed by atoms with Crippen molar-refractivity contribution in [2.45, 2.75) is 62.0 Å². The Hall–Kier alpha value is -3.60. The highest BCUT2D eigenvalue weighted by molar-refractivity contribution is 9.10. The molecule has 0 aromatic heterocycles. The summed E-state index contributed by atoms with van der Waals surface area (Å²) in [5, 5.41) is 3.06. The van der Waals surface area contributed by atoms with Crippen molar-refractivity contribution in [1.82, 2.24) is 10.2 Å². The van der Waals surface area contributed by atoms with Crippen LogP contribution in [0.2, 0.25) is 0 Å². The van der Waals surface area contributed by atoms with E-state index in [4.69, 9.17) is 0 Å². The molecule has 0 aliphatic heterocycles. The van der Waals surface area contributed by atoms with E-state index in [1.54, 1.807) is 36.4 Å². The van der Waals surface area contributed by atoms with Crippen molar-refractivity contribution >= 4 is 55.2 Å². The van der Waals surface area contributed by atoms with Crippen molar-refractivity contribution in [2.75, 3.05) is 17.1 Å². The van der Waals surface area contributed by atoms with E-state index in [1.165, 1.54) is 16.7 Å². The van der Waals surface area contributed by atoms with E-state index < -0.39 is 28.5 Å². The summed E-state index contributed by atoms with van der Waals surface area (Å²) in [6, 6.07) is 29.7. The minimum Gasteiger partial charge on any atom is -0.352 e. The highest BCUT2D eigenvalue weighted by Crippen LogP contribution is 2.27. The summed E-state index contributed by atoms with van der Waals surface area (Å²) >= 11 is 4.98. The molecule has 0 saturated heterocycles. The average Bonchev–Trinajstić information content (AvgIpc) is 3.06. The third-order valence-electron chi connectivity index (χ3n) is 7.79. The van der Waals surface area contributed by atoms with Gasteiger partial charge < -0.3 is 10.2 Å². The number of hydrogen-bond acceptors (Lipinski definition) is 5. The first kappa shape index (κ1) is 35.3. The van der Waals surface area contributed by atoms with Crippen molar-refractivity contribution in [3.8, 4) is 0 Å². The second-order valence-electron chi connectivity index (χ2n) is 11.2. The quantitative estimate of drug-likeness (QED) is 0.139. The number of thioether (sulfide) groups is 1. The highest BCUT2D eigenvalue weighted by Gasteiger charge is 2.35. The molecule has 0 heterocycles. The van der Waals surface area contributed by atoms with Crippen molar-refractivity contribution in [2.24, 2.45) is 0 Å². The SMILES string of the molecule is CC[C@@H](C)NC(=O)[C@H](Cc1ccccc1)N(Cc1ccc(Br)cc1)C(=O)CN(c1ccc(C)cc1)S(=O)(=O)c1ccc(SC)cc1. The number of anilines is 1. The van der Waals surface area contributed by atoms with Crippen LogP contribution >= 0.6 is 27.7 Å². The molecule has 4 rings (SSSR count). The summed E-state index contributed by atoms with van der Waals surface area (Å²) in [4.78, 5) is 31.0. The molecule has 0 radical (unpaired) electrons. The molecule has 0 saturated carbocycles. The molecule has 10 heteroatoms. The molecule has 242 valence electrons. The Morgan fingerprint density at radius 1 is 0.870 bits per heavy atom. The minimum absolute atomic E-state index is 0.0773. The number of carbonyl (C=O) groups excluding carboxylic acids is 2. The van der Waals surface area contributed by atoms with Gasteiger partial charge in [-0.1, -0.05) is 83.0 Å². The topological polar surface area (TPSA) is 86.8 Å². The van der Waals surface area contributed by atoms with Crippen LogP contribution in [-0.2, 0) is 32.6 Å². The molecule has 2 atom stereocenters. The molecule has 1 N–H and O–H groups in total. The number of nitrogens with zero attached hydrogens (tertiary/aromatic N) is 2. The van der Waals surface area contributed by atoms with Gasteiger partial charge in [0.15, 0.2) is 0 Å². The highest BCUT2D eigenvalue weighted by atomic mass is 79.9. The molecule has 2 amide bonds. The summed E-state index contributed by atoms with van der Waals surface area (Å²) in [5.41, 5.74) is 3.01. The summed E-state index contributed by atoms with van der Waals surface area (Å²) < 4.78 is 30.5. The number of aryl methyl sites for hydroxylation is 1. The van der Waals surface area contributed by atoms with Gasteiger partial charge in [-0.05, 0) is 86.2 Å². The first-order valence-electron chi connectivity index (χ1n) is 15.1. The van der Waals surface area contributed by atoms with Crippen molar-refractivity contribution in [3.05, 3.63) is 124 Å². The van der Waals surface area contributed by atoms with Gasteiger partial charge in [-0.15, -0.1) is 11.8 Å². The van der Waals surface area contributed by atoms with Crippen LogP contribution in [-0.4, -0.2) is 50.0 Å². The Labute approximate surface area is 285 Å². The molecule has 0 bridgehead atoms. The van der Waals surface area contributed by atoms with Gasteiger partial charge in [-0.25, -0.2) is 8.42 Å². The molecule has 0 aliphatic carbocycles. The fraction of sp³-hybridized carbons (Fsp3) is 0.278. The minimum atomic E-state index is -4.16. The van der Waals surface area contributed by atoms with Gasteiger partial charge in [0.1, 0.15) is 12.6 Å². The van der Waals surface area contributed by atoms with Crippen LogP contribution in [0, 0.1) is 6.92 Å². The molecule has 0 unspecified atom stereocenters. The van der Waals surface area contributed by atoms with E-state index in [2.05, 4.69) is 21.2 Å². The van der Waals surface area contributed by atoms with E-state index in [-0.39, 0.29) is 29.8 Å². The van der Waals surface area contributed by atoms with Crippen LogP contribution in [0.25, 0.3) is 0 Å². The van der Waals surface area contributed by atoms with Gasteiger partial charge in [0.2, 0.25) is 11.8 Å². The predicted molar refractivity (Wildman–Crippen MR) is 190 cm³/mol. The van der Waals surface area contributed by atoms with Gasteiger partial charge in [0.25, 0.3) is 10.0 Å². The zero-order valence-corrected chi connectivity index (χ0v) is 29.7. The lowest BCUT2D eigenvalue weighted by molar-refractivity contribution is -0.140. The van der Waals surface area contributed by atoms with E-state index in [0.29, 0.717) is 5.69 Å². The molecule has 0 spiro atoms. The average molecular weight is 723 g/mol. The largest absolute Gasteiger partial charge is 0.352 e. The normalized spacial score (nSPS) is 12.6. The number of sulfonamides is 1. The smallest absolute Gasteiger partial charge is 0.264 e. The van der Waals surface area contributed by atoms with Crippen molar-refractivity contribution < 1.29 is 18.0 Å². The Morgan fingerprint density at radius 2 is 1.50 bits per heavy atom. The van der Waals surface area contributed by atoms with Crippen molar-refractivity contribution in [1.29, 1.82) is 0 Å². The van der Waals surface area contributed by atoms with Crippen LogP contribution < -0.4 is 9.62 Å². The maximum Gasteiger partial charge on any atom is 0.264 e. The lowest BCUT2D eigenvalue weighted by Gasteiger charge is -2.34. The zero-order chi connectivity index (χ0) is 33.3. The van der Waals surface area contributed by atoms with Crippen LogP contribution in [0.5, 0.6) is 0 Å². The number of amides is 2. The number of rotatable bonds is 14. The van der Waals surface area contributed by atoms with E-state index >= 15 is 0 Å². The summed E-state index contributed by atoms with van der Waals surface area (Å²) in [7, 11) is -4.16. The summed E-state index contributed by atoms with van der Waals surface area (Å²) in [6.45, 7) is 5.44. The third kappa shape index (κ3) is 9.24. The van der Waals surface area contributed by atoms with Gasteiger partial charge in [-0.2, -0.15) is 0 Å². The zero-order valence-electron chi connectivity index (χ0n) is 26.5. The maximum atomic E-state index is 14.6. The fourth-order valence-corrected chi connectivity index (χ4v) is 6.98. The number of halogens is 1. The predicted octanol–water partition coefficient (Wildman–Crippen LogP) is 7.23. The molecule has 7 nitrogen and oxygen atoms in total. The second-order valence-corrected chi connectivity index (χ2v) is 14.9. The molecular weight excluding hydrogens is 682 g/mol. The third-order valence-corrected chi connectivity index (χ3v) is 10.8. The number of hydrogen-bond donors (Lipinski definition) is 1. The maximum absolute atomic E-state index is 14.6. The van der Waals surface area contributed by atoms with Crippen molar-refractivity contribution in [3.63, 3.8) is 0 Å². The van der Waals surface area contributed by atoms with Gasteiger partial charge in [-0.3, -0.25) is 13.9 Å². The molecular formula is C36H40BrN3O4S2. The first-order chi connectivity index (χ1) is 22.0. The van der Waals surface area contributed by atoms with Crippen LogP contribution in [0.4, 0.5) is 5.69 Å². The lowest BCUT2D eigenvalue weighted by atomic mass is 10.0. The Morgan fingerprint density at radius 3 is 2.09 bits per heavy atom. The molecule has 0 fully saturated rings. The summed E-state index contributed by atoms with van der Waals surface area (Å²) in [6.07, 6.45) is 2.90. The van der Waals surface area contributed by atoms with E-state index in [9.17, 15) is 18.0 Å². The number of nitrogens with one attached hydrogen (secondary N) is 1. The fourth-order valence-electron chi connectivity index (χ4n) is 4.90. The van der Waals surface area contributed by atoms with Crippen LogP contribution in [0.3, 0.4) is 0 Å². The van der Waals surface area contributed by atoms with Crippen LogP contribution in [0.15, 0.2) is 117 Å². The van der Waals surface area contributed by atoms with E-state index in [1.807, 2.05) is 93.8 Å². The van der Waals surface area contributed by atoms with Crippen LogP contribution in [0.1, 0.15) is 37.0 Å². The molecule has 0 aliphatic rings. The summed E-state index contributed by atoms with van der Waals surface area (Å²) in [5.74, 6) is -0.783. The van der Waals surface area contributed by atoms with Gasteiger partial charge in [0.05, 0.1) is 10.6 Å². The Bertz CT molecular complexity index is 1700. The first-order valence-corrected chi connectivity index (χ1v) is 18.6.